The molecular formula is C15H22N6. The minimum absolute atomic E-state index is 0.494. The Balaban J connectivity index is 1.73. The zero-order valence-corrected chi connectivity index (χ0v) is 12.4. The van der Waals surface area contributed by atoms with Gasteiger partial charge in [0, 0.05) is 18.8 Å². The second-order valence-corrected chi connectivity index (χ2v) is 5.42. The number of nitrogens with one attached hydrogen (secondary N) is 1. The molecule has 0 aromatic carbocycles. The van der Waals surface area contributed by atoms with E-state index < -0.39 is 0 Å². The third kappa shape index (κ3) is 3.39. The lowest BCUT2D eigenvalue weighted by atomic mass is 10.1. The molecule has 6 heteroatoms. The van der Waals surface area contributed by atoms with Crippen molar-refractivity contribution in [2.45, 2.75) is 32.2 Å². The first-order chi connectivity index (χ1) is 10.4. The largest absolute Gasteiger partial charge is 0.379 e. The fraction of sp³-hybridized carbons (Fsp3) is 0.533. The fourth-order valence-electron chi connectivity index (χ4n) is 2.85. The van der Waals surface area contributed by atoms with E-state index in [1.807, 2.05) is 6.07 Å². The summed E-state index contributed by atoms with van der Waals surface area (Å²) in [6.45, 7) is 5.74. The van der Waals surface area contributed by atoms with Crippen LogP contribution in [0.25, 0.3) is 5.82 Å². The summed E-state index contributed by atoms with van der Waals surface area (Å²) in [6.07, 6.45) is 8.60. The summed E-state index contributed by atoms with van der Waals surface area (Å²) in [7, 11) is 0. The van der Waals surface area contributed by atoms with E-state index in [1.165, 1.54) is 32.1 Å². The molecule has 1 aliphatic heterocycles. The van der Waals surface area contributed by atoms with Gasteiger partial charge < -0.3 is 10.2 Å². The van der Waals surface area contributed by atoms with Gasteiger partial charge >= 0.3 is 0 Å². The van der Waals surface area contributed by atoms with Crippen LogP contribution in [-0.4, -0.2) is 50.3 Å². The molecule has 2 aromatic rings. The van der Waals surface area contributed by atoms with Crippen LogP contribution in [0.3, 0.4) is 0 Å². The molecule has 2 aromatic heterocycles. The van der Waals surface area contributed by atoms with Crippen LogP contribution in [0.15, 0.2) is 31.0 Å². The van der Waals surface area contributed by atoms with Crippen molar-refractivity contribution in [3.63, 3.8) is 0 Å². The minimum atomic E-state index is 0.494. The molecule has 112 valence electrons. The first-order valence-electron chi connectivity index (χ1n) is 7.65. The highest BCUT2D eigenvalue weighted by Gasteiger charge is 2.17. The highest BCUT2D eigenvalue weighted by Crippen LogP contribution is 2.21. The SMILES string of the molecule is CCN1CCCC(Nc2cccnc2-n2cncn2)CC1. The van der Waals surface area contributed by atoms with Crippen molar-refractivity contribution in [1.29, 1.82) is 0 Å². The second kappa shape index (κ2) is 6.67. The number of likely N-dealkylation sites (tertiary alicyclic amines) is 1. The Bertz CT molecular complexity index is 553. The molecule has 3 heterocycles. The molecule has 1 aliphatic rings. The standard InChI is InChI=1S/C15H22N6/c1-2-20-9-4-5-13(7-10-20)19-14-6-3-8-17-15(14)21-12-16-11-18-21/h3,6,8,11-13,19H,2,4-5,7,9-10H2,1H3. The summed E-state index contributed by atoms with van der Waals surface area (Å²) in [5.41, 5.74) is 1.03. The molecule has 1 N–H and O–H groups in total. The lowest BCUT2D eigenvalue weighted by Gasteiger charge is -2.20. The van der Waals surface area contributed by atoms with Crippen LogP contribution in [0.4, 0.5) is 5.69 Å². The van der Waals surface area contributed by atoms with Crippen molar-refractivity contribution in [1.82, 2.24) is 24.6 Å². The Morgan fingerprint density at radius 3 is 3.10 bits per heavy atom. The topological polar surface area (TPSA) is 58.9 Å². The Labute approximate surface area is 125 Å². The lowest BCUT2D eigenvalue weighted by Crippen LogP contribution is -2.26. The van der Waals surface area contributed by atoms with E-state index in [0.717, 1.165) is 24.6 Å². The van der Waals surface area contributed by atoms with Crippen molar-refractivity contribution in [3.8, 4) is 5.82 Å². The van der Waals surface area contributed by atoms with Gasteiger partial charge in [-0.1, -0.05) is 6.92 Å². The average molecular weight is 286 g/mol. The highest BCUT2D eigenvalue weighted by molar-refractivity contribution is 5.56. The van der Waals surface area contributed by atoms with Gasteiger partial charge in [0.15, 0.2) is 5.82 Å². The summed E-state index contributed by atoms with van der Waals surface area (Å²) in [4.78, 5) is 10.9. The normalized spacial score (nSPS) is 20.1. The van der Waals surface area contributed by atoms with E-state index in [0.29, 0.717) is 6.04 Å². The molecule has 6 nitrogen and oxygen atoms in total. The molecule has 1 fully saturated rings. The molecule has 0 aliphatic carbocycles. The van der Waals surface area contributed by atoms with Crippen molar-refractivity contribution >= 4 is 5.69 Å². The summed E-state index contributed by atoms with van der Waals surface area (Å²) in [5, 5.41) is 7.82. The Morgan fingerprint density at radius 2 is 2.29 bits per heavy atom. The maximum atomic E-state index is 4.43. The van der Waals surface area contributed by atoms with E-state index in [2.05, 4.69) is 38.3 Å². The molecule has 1 unspecified atom stereocenters. The molecule has 3 rings (SSSR count). The van der Waals surface area contributed by atoms with Crippen LogP contribution in [0.5, 0.6) is 0 Å². The van der Waals surface area contributed by atoms with E-state index in [1.54, 1.807) is 17.2 Å². The molecular weight excluding hydrogens is 264 g/mol. The van der Waals surface area contributed by atoms with Gasteiger partial charge in [0.1, 0.15) is 12.7 Å². The number of hydrogen-bond acceptors (Lipinski definition) is 5. The van der Waals surface area contributed by atoms with Gasteiger partial charge in [-0.15, -0.1) is 0 Å². The van der Waals surface area contributed by atoms with Crippen LogP contribution in [0.2, 0.25) is 0 Å². The average Bonchev–Trinajstić information content (AvgIpc) is 2.95. The van der Waals surface area contributed by atoms with Gasteiger partial charge in [0.25, 0.3) is 0 Å². The number of nitrogens with zero attached hydrogens (tertiary/aromatic N) is 5. The van der Waals surface area contributed by atoms with Crippen LogP contribution in [0.1, 0.15) is 26.2 Å². The first kappa shape index (κ1) is 14.0. The molecule has 0 saturated carbocycles. The molecule has 1 atom stereocenters. The Hall–Kier alpha value is -1.95. The molecule has 21 heavy (non-hydrogen) atoms. The number of aromatic nitrogens is 4. The summed E-state index contributed by atoms with van der Waals surface area (Å²) in [5.74, 6) is 0.812. The molecule has 0 radical (unpaired) electrons. The van der Waals surface area contributed by atoms with Crippen LogP contribution >= 0.6 is 0 Å². The van der Waals surface area contributed by atoms with Crippen molar-refractivity contribution in [2.24, 2.45) is 0 Å². The van der Waals surface area contributed by atoms with Crippen LogP contribution < -0.4 is 5.32 Å². The van der Waals surface area contributed by atoms with E-state index in [9.17, 15) is 0 Å². The Morgan fingerprint density at radius 1 is 1.33 bits per heavy atom. The van der Waals surface area contributed by atoms with Gasteiger partial charge in [-0.2, -0.15) is 5.10 Å². The zero-order valence-electron chi connectivity index (χ0n) is 12.4. The molecule has 0 amide bonds. The zero-order chi connectivity index (χ0) is 14.5. The first-order valence-corrected chi connectivity index (χ1v) is 7.65. The quantitative estimate of drug-likeness (QED) is 0.931. The molecule has 0 spiro atoms. The maximum Gasteiger partial charge on any atom is 0.178 e. The molecule has 1 saturated heterocycles. The van der Waals surface area contributed by atoms with Gasteiger partial charge in [-0.05, 0) is 44.5 Å². The summed E-state index contributed by atoms with van der Waals surface area (Å²) < 4.78 is 1.71. The lowest BCUT2D eigenvalue weighted by molar-refractivity contribution is 0.300. The molecule has 0 bridgehead atoms. The fourth-order valence-corrected chi connectivity index (χ4v) is 2.85. The van der Waals surface area contributed by atoms with E-state index in [4.69, 9.17) is 0 Å². The predicted molar refractivity (Wildman–Crippen MR) is 82.5 cm³/mol. The van der Waals surface area contributed by atoms with Gasteiger partial charge in [-0.3, -0.25) is 0 Å². The number of pyridine rings is 1. The van der Waals surface area contributed by atoms with Crippen molar-refractivity contribution in [3.05, 3.63) is 31.0 Å². The number of anilines is 1. The van der Waals surface area contributed by atoms with Gasteiger partial charge in [0.2, 0.25) is 0 Å². The van der Waals surface area contributed by atoms with Crippen LogP contribution in [0, 0.1) is 0 Å². The third-order valence-electron chi connectivity index (χ3n) is 4.05. The predicted octanol–water partition coefficient (Wildman–Crippen LogP) is 1.95. The Kier molecular flexibility index (Phi) is 4.45. The highest BCUT2D eigenvalue weighted by atomic mass is 15.3. The smallest absolute Gasteiger partial charge is 0.178 e. The number of rotatable bonds is 4. The van der Waals surface area contributed by atoms with E-state index >= 15 is 0 Å². The van der Waals surface area contributed by atoms with Crippen molar-refractivity contribution < 1.29 is 0 Å². The summed E-state index contributed by atoms with van der Waals surface area (Å²) in [6, 6.07) is 4.51. The monoisotopic (exact) mass is 286 g/mol. The third-order valence-corrected chi connectivity index (χ3v) is 4.05. The van der Waals surface area contributed by atoms with Gasteiger partial charge in [-0.25, -0.2) is 14.6 Å². The maximum absolute atomic E-state index is 4.43. The second-order valence-electron chi connectivity index (χ2n) is 5.42. The summed E-state index contributed by atoms with van der Waals surface area (Å²) >= 11 is 0. The minimum Gasteiger partial charge on any atom is -0.379 e. The van der Waals surface area contributed by atoms with E-state index in [-0.39, 0.29) is 0 Å². The number of hydrogen-bond donors (Lipinski definition) is 1. The van der Waals surface area contributed by atoms with Crippen molar-refractivity contribution in [2.75, 3.05) is 25.0 Å². The van der Waals surface area contributed by atoms with Crippen LogP contribution in [-0.2, 0) is 0 Å². The van der Waals surface area contributed by atoms with Gasteiger partial charge in [0.05, 0.1) is 5.69 Å².